The molecule has 21 heavy (non-hydrogen) atoms. The molecule has 0 amide bonds. The summed E-state index contributed by atoms with van der Waals surface area (Å²) in [5.41, 5.74) is 1.10. The number of methoxy groups -OCH3 is 1. The van der Waals surface area contributed by atoms with Gasteiger partial charge in [0.05, 0.1) is 7.11 Å². The van der Waals surface area contributed by atoms with Crippen molar-refractivity contribution in [1.82, 2.24) is 4.90 Å². The van der Waals surface area contributed by atoms with Crippen molar-refractivity contribution in [1.29, 1.82) is 0 Å². The van der Waals surface area contributed by atoms with E-state index >= 15 is 0 Å². The first kappa shape index (κ1) is 15.1. The Kier molecular flexibility index (Phi) is 4.95. The number of nitrogens with zero attached hydrogens (tertiary/aromatic N) is 1. The minimum atomic E-state index is -0.358. The van der Waals surface area contributed by atoms with Gasteiger partial charge in [-0.15, -0.1) is 13.2 Å². The highest BCUT2D eigenvalue weighted by molar-refractivity contribution is 5.81. The highest BCUT2D eigenvalue weighted by Gasteiger charge is 2.10. The molecule has 0 aliphatic rings. The Bertz CT molecular complexity index is 693. The van der Waals surface area contributed by atoms with Crippen LogP contribution in [0.5, 0.6) is 5.75 Å². The lowest BCUT2D eigenvalue weighted by Gasteiger charge is -2.19. The van der Waals surface area contributed by atoms with Crippen LogP contribution < -0.4 is 10.4 Å². The van der Waals surface area contributed by atoms with Crippen LogP contribution in [0.2, 0.25) is 0 Å². The predicted octanol–water partition coefficient (Wildman–Crippen LogP) is 2.98. The smallest absolute Gasteiger partial charge is 0.336 e. The van der Waals surface area contributed by atoms with Gasteiger partial charge < -0.3 is 9.15 Å². The average molecular weight is 285 g/mol. The Morgan fingerprint density at radius 3 is 2.57 bits per heavy atom. The van der Waals surface area contributed by atoms with Gasteiger partial charge in [-0.05, 0) is 17.7 Å². The Hall–Kier alpha value is -2.33. The summed E-state index contributed by atoms with van der Waals surface area (Å²) in [6.45, 7) is 9.59. The van der Waals surface area contributed by atoms with Crippen molar-refractivity contribution in [3.05, 3.63) is 65.6 Å². The number of rotatable bonds is 7. The minimum absolute atomic E-state index is 0.358. The molecule has 0 atom stereocenters. The lowest BCUT2D eigenvalue weighted by molar-refractivity contribution is 0.328. The van der Waals surface area contributed by atoms with Crippen molar-refractivity contribution in [2.75, 3.05) is 20.2 Å². The number of hydrogen-bond donors (Lipinski definition) is 0. The van der Waals surface area contributed by atoms with E-state index < -0.39 is 0 Å². The van der Waals surface area contributed by atoms with Gasteiger partial charge >= 0.3 is 5.63 Å². The van der Waals surface area contributed by atoms with Crippen molar-refractivity contribution in [3.8, 4) is 5.75 Å². The molecule has 4 nitrogen and oxygen atoms in total. The third-order valence-corrected chi connectivity index (χ3v) is 3.21. The molecular formula is C17H19NO3. The van der Waals surface area contributed by atoms with E-state index in [4.69, 9.17) is 9.15 Å². The molecule has 0 aliphatic heterocycles. The minimum Gasteiger partial charge on any atom is -0.497 e. The highest BCUT2D eigenvalue weighted by Crippen LogP contribution is 2.23. The molecule has 0 N–H and O–H groups in total. The van der Waals surface area contributed by atoms with E-state index in [-0.39, 0.29) is 5.63 Å². The Morgan fingerprint density at radius 1 is 1.24 bits per heavy atom. The Morgan fingerprint density at radius 2 is 1.95 bits per heavy atom. The van der Waals surface area contributed by atoms with Gasteiger partial charge in [-0.1, -0.05) is 12.2 Å². The molecule has 110 valence electrons. The summed E-state index contributed by atoms with van der Waals surface area (Å²) in [4.78, 5) is 13.9. The van der Waals surface area contributed by atoms with Crippen LogP contribution in [0.1, 0.15) is 5.56 Å². The summed E-state index contributed by atoms with van der Waals surface area (Å²) in [7, 11) is 1.58. The van der Waals surface area contributed by atoms with E-state index in [2.05, 4.69) is 18.1 Å². The monoisotopic (exact) mass is 285 g/mol. The number of fused-ring (bicyclic) bond motifs is 1. The molecule has 1 aromatic carbocycles. The van der Waals surface area contributed by atoms with Crippen LogP contribution in [0, 0.1) is 0 Å². The molecule has 0 aliphatic carbocycles. The maximum Gasteiger partial charge on any atom is 0.336 e. The first-order valence-electron chi connectivity index (χ1n) is 6.73. The fourth-order valence-corrected chi connectivity index (χ4v) is 2.28. The van der Waals surface area contributed by atoms with E-state index in [0.717, 1.165) is 24.0 Å². The van der Waals surface area contributed by atoms with Gasteiger partial charge in [0, 0.05) is 37.2 Å². The molecule has 0 spiro atoms. The standard InChI is InChI=1S/C17H19NO3/c1-4-8-18(9-5-2)12-13-10-17(19)21-16-11-14(20-3)6-7-15(13)16/h4-7,10-11H,1-2,8-9,12H2,3H3. The third kappa shape index (κ3) is 3.61. The van der Waals surface area contributed by atoms with Crippen LogP contribution in [0.25, 0.3) is 11.0 Å². The molecular weight excluding hydrogens is 266 g/mol. The van der Waals surface area contributed by atoms with Crippen LogP contribution >= 0.6 is 0 Å². The summed E-state index contributed by atoms with van der Waals surface area (Å²) < 4.78 is 10.4. The van der Waals surface area contributed by atoms with Gasteiger partial charge in [0.2, 0.25) is 0 Å². The lowest BCUT2D eigenvalue weighted by atomic mass is 10.1. The quantitative estimate of drug-likeness (QED) is 0.579. The maximum atomic E-state index is 11.7. The van der Waals surface area contributed by atoms with Gasteiger partial charge in [0.15, 0.2) is 0 Å². The molecule has 1 aromatic heterocycles. The van der Waals surface area contributed by atoms with E-state index in [0.29, 0.717) is 17.9 Å². The average Bonchev–Trinajstić information content (AvgIpc) is 2.46. The van der Waals surface area contributed by atoms with Gasteiger partial charge in [-0.3, -0.25) is 4.90 Å². The zero-order valence-corrected chi connectivity index (χ0v) is 12.2. The Labute approximate surface area is 123 Å². The van der Waals surface area contributed by atoms with E-state index in [1.807, 2.05) is 24.3 Å². The van der Waals surface area contributed by atoms with Gasteiger partial charge in [-0.25, -0.2) is 4.79 Å². The largest absolute Gasteiger partial charge is 0.497 e. The highest BCUT2D eigenvalue weighted by atomic mass is 16.5. The zero-order valence-electron chi connectivity index (χ0n) is 12.2. The summed E-state index contributed by atoms with van der Waals surface area (Å²) in [5.74, 6) is 0.664. The van der Waals surface area contributed by atoms with Crippen LogP contribution in [-0.2, 0) is 6.54 Å². The second kappa shape index (κ2) is 6.90. The molecule has 0 fully saturated rings. The normalized spacial score (nSPS) is 10.8. The van der Waals surface area contributed by atoms with Crippen molar-refractivity contribution in [3.63, 3.8) is 0 Å². The predicted molar refractivity (Wildman–Crippen MR) is 84.7 cm³/mol. The van der Waals surface area contributed by atoms with Crippen molar-refractivity contribution in [2.45, 2.75) is 6.54 Å². The molecule has 0 saturated carbocycles. The van der Waals surface area contributed by atoms with Gasteiger partial charge in [0.1, 0.15) is 11.3 Å². The topological polar surface area (TPSA) is 42.7 Å². The molecule has 0 saturated heterocycles. The molecule has 0 unspecified atom stereocenters. The van der Waals surface area contributed by atoms with E-state index in [1.54, 1.807) is 13.2 Å². The number of hydrogen-bond acceptors (Lipinski definition) is 4. The number of ether oxygens (including phenoxy) is 1. The van der Waals surface area contributed by atoms with Crippen LogP contribution in [0.15, 0.2) is 58.8 Å². The molecule has 4 heteroatoms. The summed E-state index contributed by atoms with van der Waals surface area (Å²) in [6.07, 6.45) is 3.67. The first-order valence-corrected chi connectivity index (χ1v) is 6.73. The summed E-state index contributed by atoms with van der Waals surface area (Å²) in [5, 5.41) is 0.911. The van der Waals surface area contributed by atoms with Gasteiger partial charge in [0.25, 0.3) is 0 Å². The Balaban J connectivity index is 2.44. The van der Waals surface area contributed by atoms with Crippen molar-refractivity contribution in [2.24, 2.45) is 0 Å². The van der Waals surface area contributed by atoms with Crippen LogP contribution in [0.4, 0.5) is 0 Å². The fourth-order valence-electron chi connectivity index (χ4n) is 2.28. The second-order valence-electron chi connectivity index (χ2n) is 4.72. The van der Waals surface area contributed by atoms with Crippen molar-refractivity contribution >= 4 is 11.0 Å². The first-order chi connectivity index (χ1) is 10.2. The number of benzene rings is 1. The maximum absolute atomic E-state index is 11.7. The molecule has 1 heterocycles. The van der Waals surface area contributed by atoms with Crippen LogP contribution in [0.3, 0.4) is 0 Å². The molecule has 2 aromatic rings. The molecule has 2 rings (SSSR count). The van der Waals surface area contributed by atoms with Crippen LogP contribution in [-0.4, -0.2) is 25.1 Å². The molecule has 0 radical (unpaired) electrons. The zero-order chi connectivity index (χ0) is 15.2. The molecule has 0 bridgehead atoms. The third-order valence-electron chi connectivity index (χ3n) is 3.21. The SMILES string of the molecule is C=CCN(CC=C)Cc1cc(=O)oc2cc(OC)ccc12. The van der Waals surface area contributed by atoms with Crippen molar-refractivity contribution < 1.29 is 9.15 Å². The second-order valence-corrected chi connectivity index (χ2v) is 4.72. The lowest BCUT2D eigenvalue weighted by Crippen LogP contribution is -2.24. The summed E-state index contributed by atoms with van der Waals surface area (Å²) in [6, 6.07) is 7.03. The van der Waals surface area contributed by atoms with Gasteiger partial charge in [-0.2, -0.15) is 0 Å². The fraction of sp³-hybridized carbons (Fsp3) is 0.235. The summed E-state index contributed by atoms with van der Waals surface area (Å²) >= 11 is 0. The van der Waals surface area contributed by atoms with E-state index in [9.17, 15) is 4.79 Å². The van der Waals surface area contributed by atoms with E-state index in [1.165, 1.54) is 6.07 Å².